The van der Waals surface area contributed by atoms with Crippen molar-refractivity contribution in [2.45, 2.75) is 19.4 Å². The Kier molecular flexibility index (Phi) is 6.14. The molecule has 0 heterocycles. The van der Waals surface area contributed by atoms with Crippen molar-refractivity contribution in [3.05, 3.63) is 64.7 Å². The third kappa shape index (κ3) is 5.32. The Balaban J connectivity index is 2.14. The van der Waals surface area contributed by atoms with E-state index in [1.54, 1.807) is 42.5 Å². The maximum Gasteiger partial charge on any atom is 0.252 e. The van der Waals surface area contributed by atoms with E-state index in [1.807, 2.05) is 0 Å². The van der Waals surface area contributed by atoms with E-state index in [4.69, 9.17) is 17.3 Å². The van der Waals surface area contributed by atoms with E-state index < -0.39 is 17.9 Å². The predicted molar refractivity (Wildman–Crippen MR) is 96.4 cm³/mol. The number of benzene rings is 2. The number of carbonyl (C=O) groups excluding carboxylic acids is 3. The Bertz CT molecular complexity index is 808. The van der Waals surface area contributed by atoms with E-state index in [0.29, 0.717) is 21.8 Å². The molecule has 6 nitrogen and oxygen atoms in total. The standard InChI is InChI=1S/C18H18ClN3O3/c1-11(23)21-14-7-4-6-13(9-14)18(25)22-16(17(20)24)10-12-5-2-3-8-15(12)19/h2-9,16H,10H2,1H3,(H2,20,24)(H,21,23)(H,22,25)/t16-/m0/s1. The van der Waals surface area contributed by atoms with Gasteiger partial charge >= 0.3 is 0 Å². The fourth-order valence-electron chi connectivity index (χ4n) is 2.29. The summed E-state index contributed by atoms with van der Waals surface area (Å²) in [5.41, 5.74) is 6.90. The number of hydrogen-bond donors (Lipinski definition) is 3. The smallest absolute Gasteiger partial charge is 0.252 e. The van der Waals surface area contributed by atoms with Crippen LogP contribution in [0.4, 0.5) is 5.69 Å². The van der Waals surface area contributed by atoms with E-state index in [0.717, 1.165) is 0 Å². The highest BCUT2D eigenvalue weighted by Crippen LogP contribution is 2.17. The first kappa shape index (κ1) is 18.5. The minimum Gasteiger partial charge on any atom is -0.368 e. The molecule has 0 unspecified atom stereocenters. The van der Waals surface area contributed by atoms with Gasteiger partial charge in [0.25, 0.3) is 5.91 Å². The number of rotatable bonds is 6. The average molecular weight is 360 g/mol. The van der Waals surface area contributed by atoms with Crippen LogP contribution in [0, 0.1) is 0 Å². The van der Waals surface area contributed by atoms with Gasteiger partial charge in [-0.3, -0.25) is 14.4 Å². The third-order valence-electron chi connectivity index (χ3n) is 3.48. The molecule has 0 aromatic heterocycles. The molecule has 4 N–H and O–H groups in total. The van der Waals surface area contributed by atoms with Crippen LogP contribution >= 0.6 is 11.6 Å². The molecule has 2 aromatic rings. The Labute approximate surface area is 150 Å². The van der Waals surface area contributed by atoms with Crippen molar-refractivity contribution in [2.24, 2.45) is 5.73 Å². The van der Waals surface area contributed by atoms with Gasteiger partial charge in [-0.15, -0.1) is 0 Å². The van der Waals surface area contributed by atoms with Crippen LogP contribution in [0.2, 0.25) is 5.02 Å². The molecule has 7 heteroatoms. The molecule has 0 aliphatic rings. The molecule has 0 radical (unpaired) electrons. The van der Waals surface area contributed by atoms with Crippen molar-refractivity contribution < 1.29 is 14.4 Å². The van der Waals surface area contributed by atoms with Crippen LogP contribution in [0.25, 0.3) is 0 Å². The monoisotopic (exact) mass is 359 g/mol. The van der Waals surface area contributed by atoms with Crippen molar-refractivity contribution in [3.63, 3.8) is 0 Å². The molecular weight excluding hydrogens is 342 g/mol. The van der Waals surface area contributed by atoms with Crippen LogP contribution in [0.3, 0.4) is 0 Å². The molecule has 2 rings (SSSR count). The summed E-state index contributed by atoms with van der Waals surface area (Å²) in [6.45, 7) is 1.37. The zero-order valence-corrected chi connectivity index (χ0v) is 14.3. The van der Waals surface area contributed by atoms with Crippen molar-refractivity contribution in [1.29, 1.82) is 0 Å². The summed E-state index contributed by atoms with van der Waals surface area (Å²) >= 11 is 6.09. The first-order chi connectivity index (χ1) is 11.9. The third-order valence-corrected chi connectivity index (χ3v) is 3.84. The number of halogens is 1. The van der Waals surface area contributed by atoms with Gasteiger partial charge in [-0.25, -0.2) is 0 Å². The highest BCUT2D eigenvalue weighted by Gasteiger charge is 2.20. The Hall–Kier alpha value is -2.86. The second kappa shape index (κ2) is 8.30. The molecule has 0 aliphatic carbocycles. The molecule has 130 valence electrons. The number of hydrogen-bond acceptors (Lipinski definition) is 3. The second-order valence-corrected chi connectivity index (χ2v) is 5.89. The quantitative estimate of drug-likeness (QED) is 0.736. The molecule has 1 atom stereocenters. The highest BCUT2D eigenvalue weighted by atomic mass is 35.5. The molecule has 25 heavy (non-hydrogen) atoms. The lowest BCUT2D eigenvalue weighted by atomic mass is 10.0. The van der Waals surface area contributed by atoms with Crippen LogP contribution in [0.5, 0.6) is 0 Å². The molecule has 0 spiro atoms. The lowest BCUT2D eigenvalue weighted by molar-refractivity contribution is -0.119. The van der Waals surface area contributed by atoms with Crippen molar-refractivity contribution in [1.82, 2.24) is 5.32 Å². The molecule has 3 amide bonds. The number of anilines is 1. The van der Waals surface area contributed by atoms with Crippen LogP contribution in [0.1, 0.15) is 22.8 Å². The summed E-state index contributed by atoms with van der Waals surface area (Å²) in [6, 6.07) is 12.5. The predicted octanol–water partition coefficient (Wildman–Crippen LogP) is 2.12. The lowest BCUT2D eigenvalue weighted by Gasteiger charge is -2.16. The minimum absolute atomic E-state index is 0.187. The average Bonchev–Trinajstić information content (AvgIpc) is 2.55. The van der Waals surface area contributed by atoms with E-state index in [1.165, 1.54) is 13.0 Å². The van der Waals surface area contributed by atoms with Crippen molar-refractivity contribution >= 4 is 35.0 Å². The summed E-state index contributed by atoms with van der Waals surface area (Å²) in [5, 5.41) is 5.70. The first-order valence-electron chi connectivity index (χ1n) is 7.58. The Morgan fingerprint density at radius 1 is 1.12 bits per heavy atom. The van der Waals surface area contributed by atoms with Crippen molar-refractivity contribution in [2.75, 3.05) is 5.32 Å². The minimum atomic E-state index is -0.906. The topological polar surface area (TPSA) is 101 Å². The maximum absolute atomic E-state index is 12.4. The number of nitrogens with one attached hydrogen (secondary N) is 2. The van der Waals surface area contributed by atoms with E-state index in [2.05, 4.69) is 10.6 Å². The number of amides is 3. The molecule has 0 bridgehead atoms. The number of carbonyl (C=O) groups is 3. The van der Waals surface area contributed by atoms with Crippen LogP contribution < -0.4 is 16.4 Å². The van der Waals surface area contributed by atoms with Gasteiger partial charge in [0, 0.05) is 29.6 Å². The SMILES string of the molecule is CC(=O)Nc1cccc(C(=O)N[C@@H](Cc2ccccc2Cl)C(N)=O)c1. The molecular formula is C18H18ClN3O3. The fraction of sp³-hybridized carbons (Fsp3) is 0.167. The van der Waals surface area contributed by atoms with Gasteiger partial charge < -0.3 is 16.4 Å². The summed E-state index contributed by atoms with van der Waals surface area (Å²) in [5.74, 6) is -1.37. The summed E-state index contributed by atoms with van der Waals surface area (Å²) in [6.07, 6.45) is 0.187. The fourth-order valence-corrected chi connectivity index (χ4v) is 2.50. The highest BCUT2D eigenvalue weighted by molar-refractivity contribution is 6.31. The largest absolute Gasteiger partial charge is 0.368 e. The zero-order valence-electron chi connectivity index (χ0n) is 13.6. The summed E-state index contributed by atoms with van der Waals surface area (Å²) < 4.78 is 0. The van der Waals surface area contributed by atoms with Gasteiger partial charge in [0.05, 0.1) is 0 Å². The lowest BCUT2D eigenvalue weighted by Crippen LogP contribution is -2.45. The van der Waals surface area contributed by atoms with Crippen LogP contribution in [-0.4, -0.2) is 23.8 Å². The van der Waals surface area contributed by atoms with Gasteiger partial charge in [-0.1, -0.05) is 35.9 Å². The van der Waals surface area contributed by atoms with Gasteiger partial charge in [0.15, 0.2) is 0 Å². The Morgan fingerprint density at radius 2 is 1.84 bits per heavy atom. The normalized spacial score (nSPS) is 11.4. The zero-order chi connectivity index (χ0) is 18.4. The molecule has 0 saturated carbocycles. The first-order valence-corrected chi connectivity index (χ1v) is 7.96. The van der Waals surface area contributed by atoms with E-state index in [-0.39, 0.29) is 12.3 Å². The van der Waals surface area contributed by atoms with Gasteiger partial charge in [0.1, 0.15) is 6.04 Å². The molecule has 2 aromatic carbocycles. The summed E-state index contributed by atoms with van der Waals surface area (Å²) in [7, 11) is 0. The Morgan fingerprint density at radius 3 is 2.48 bits per heavy atom. The van der Waals surface area contributed by atoms with Crippen LogP contribution in [-0.2, 0) is 16.0 Å². The van der Waals surface area contributed by atoms with Gasteiger partial charge in [-0.05, 0) is 29.8 Å². The van der Waals surface area contributed by atoms with Crippen LogP contribution in [0.15, 0.2) is 48.5 Å². The van der Waals surface area contributed by atoms with Crippen molar-refractivity contribution in [3.8, 4) is 0 Å². The molecule has 0 fully saturated rings. The molecule has 0 aliphatic heterocycles. The molecule has 0 saturated heterocycles. The van der Waals surface area contributed by atoms with Gasteiger partial charge in [0.2, 0.25) is 11.8 Å². The van der Waals surface area contributed by atoms with E-state index >= 15 is 0 Å². The number of primary amides is 1. The summed E-state index contributed by atoms with van der Waals surface area (Å²) in [4.78, 5) is 35.2. The van der Waals surface area contributed by atoms with E-state index in [9.17, 15) is 14.4 Å². The maximum atomic E-state index is 12.4. The second-order valence-electron chi connectivity index (χ2n) is 5.49. The number of nitrogens with two attached hydrogens (primary N) is 1. The van der Waals surface area contributed by atoms with Gasteiger partial charge in [-0.2, -0.15) is 0 Å².